The number of hydrogen-bond acceptors (Lipinski definition) is 6. The summed E-state index contributed by atoms with van der Waals surface area (Å²) < 4.78 is 6.08. The van der Waals surface area contributed by atoms with Gasteiger partial charge < -0.3 is 9.84 Å². The van der Waals surface area contributed by atoms with Gasteiger partial charge in [-0.1, -0.05) is 6.07 Å². The lowest BCUT2D eigenvalue weighted by Gasteiger charge is -2.62. The number of piperidine rings is 1. The Morgan fingerprint density at radius 3 is 2.92 bits per heavy atom. The molecule has 1 saturated heterocycles. The largest absolute Gasteiger partial charge is 0.479 e. The molecule has 6 nitrogen and oxygen atoms in total. The summed E-state index contributed by atoms with van der Waals surface area (Å²) in [4.78, 5) is 26.5. The highest BCUT2D eigenvalue weighted by molar-refractivity contribution is 5.90. The second-order valence-corrected chi connectivity index (χ2v) is 8.81. The fraction of sp³-hybridized carbons (Fsp3) is 0.650. The van der Waals surface area contributed by atoms with Gasteiger partial charge in [-0.25, -0.2) is 0 Å². The summed E-state index contributed by atoms with van der Waals surface area (Å²) in [5, 5.41) is 15.1. The third-order valence-electron chi connectivity index (χ3n) is 7.66. The summed E-state index contributed by atoms with van der Waals surface area (Å²) in [5.41, 5.74) is 0.577. The summed E-state index contributed by atoms with van der Waals surface area (Å²) in [7, 11) is 0. The van der Waals surface area contributed by atoms with Gasteiger partial charge in [0.05, 0.1) is 11.0 Å². The molecule has 1 aromatic carbocycles. The van der Waals surface area contributed by atoms with Crippen molar-refractivity contribution in [2.24, 2.45) is 11.1 Å². The molecule has 1 spiro atoms. The Kier molecular flexibility index (Phi) is 2.78. The minimum atomic E-state index is -0.974. The Balaban J connectivity index is 1.58. The van der Waals surface area contributed by atoms with Gasteiger partial charge in [-0.15, -0.1) is 4.91 Å². The van der Waals surface area contributed by atoms with E-state index in [2.05, 4.69) is 10.1 Å². The van der Waals surface area contributed by atoms with Gasteiger partial charge in [0.15, 0.2) is 17.6 Å². The molecule has 1 N–H and O–H groups in total. The molecule has 6 heteroatoms. The number of aliphatic hydroxyl groups is 1. The Morgan fingerprint density at radius 2 is 2.15 bits per heavy atom. The van der Waals surface area contributed by atoms with Crippen LogP contribution < -0.4 is 4.74 Å². The number of Topliss-reactive ketones (excluding diaryl/α,β-unsaturated/α-hetero) is 1. The standard InChI is InChI=1S/C20H22N2O4/c23-14-5-6-20(24)15-9-12-3-4-13(21-25)17-16(12)19(20,18(14)26-17)7-8-22(15)10-11-1-2-11/h3-4,11,15,18,24H,1-2,5-10H2/t15-,18+,19+,20-/m1/s1. The van der Waals surface area contributed by atoms with Crippen LogP contribution in [0.2, 0.25) is 0 Å². The van der Waals surface area contributed by atoms with Crippen molar-refractivity contribution < 1.29 is 14.6 Å². The maximum atomic E-state index is 12.8. The SMILES string of the molecule is O=Nc1ccc2c3c1O[C@H]1C(=O)CC[C@@]4(O)[C@@H](C2)N(CC2CC2)CC[C@]314. The fourth-order valence-corrected chi connectivity index (χ4v) is 6.34. The summed E-state index contributed by atoms with van der Waals surface area (Å²) in [6.45, 7) is 1.91. The first-order valence-electron chi connectivity index (χ1n) is 9.74. The number of benzene rings is 1. The highest BCUT2D eigenvalue weighted by Crippen LogP contribution is 2.65. The molecule has 4 atom stereocenters. The van der Waals surface area contributed by atoms with Crippen LogP contribution in [0.25, 0.3) is 0 Å². The van der Waals surface area contributed by atoms with Crippen LogP contribution in [0.1, 0.15) is 43.2 Å². The molecule has 2 bridgehead atoms. The Hall–Kier alpha value is -1.79. The van der Waals surface area contributed by atoms with E-state index in [1.165, 1.54) is 12.8 Å². The van der Waals surface area contributed by atoms with Gasteiger partial charge in [0.2, 0.25) is 0 Å². The molecule has 2 heterocycles. The lowest BCUT2D eigenvalue weighted by atomic mass is 9.49. The number of carbonyl (C=O) groups is 1. The van der Waals surface area contributed by atoms with E-state index < -0.39 is 17.1 Å². The van der Waals surface area contributed by atoms with Crippen molar-refractivity contribution in [3.63, 3.8) is 0 Å². The summed E-state index contributed by atoms with van der Waals surface area (Å²) in [6, 6.07) is 3.67. The van der Waals surface area contributed by atoms with E-state index in [9.17, 15) is 14.8 Å². The van der Waals surface area contributed by atoms with Crippen molar-refractivity contribution in [3.05, 3.63) is 28.2 Å². The van der Waals surface area contributed by atoms with Gasteiger partial charge in [0.1, 0.15) is 5.69 Å². The number of ether oxygens (including phenoxy) is 1. The first-order chi connectivity index (χ1) is 12.6. The maximum Gasteiger partial charge on any atom is 0.174 e. The minimum absolute atomic E-state index is 0.0181. The number of likely N-dealkylation sites (tertiary alicyclic amines) is 1. The van der Waals surface area contributed by atoms with E-state index in [-0.39, 0.29) is 17.5 Å². The van der Waals surface area contributed by atoms with E-state index in [1.807, 2.05) is 6.07 Å². The van der Waals surface area contributed by atoms with Crippen molar-refractivity contribution in [2.75, 3.05) is 13.1 Å². The maximum absolute atomic E-state index is 12.8. The normalized spacial score (nSPS) is 40.1. The van der Waals surface area contributed by atoms with Crippen LogP contribution in [-0.4, -0.2) is 46.6 Å². The zero-order valence-corrected chi connectivity index (χ0v) is 14.6. The molecule has 0 amide bonds. The smallest absolute Gasteiger partial charge is 0.174 e. The van der Waals surface area contributed by atoms with E-state index in [0.717, 1.165) is 36.6 Å². The van der Waals surface area contributed by atoms with Crippen LogP contribution in [0, 0.1) is 10.8 Å². The molecule has 0 unspecified atom stereocenters. The first kappa shape index (κ1) is 15.3. The van der Waals surface area contributed by atoms with Crippen LogP contribution in [0.15, 0.2) is 17.3 Å². The van der Waals surface area contributed by atoms with Crippen molar-refractivity contribution in [1.29, 1.82) is 0 Å². The first-order valence-corrected chi connectivity index (χ1v) is 9.74. The van der Waals surface area contributed by atoms with Gasteiger partial charge in [-0.3, -0.25) is 9.69 Å². The molecule has 0 aromatic heterocycles. The van der Waals surface area contributed by atoms with Crippen molar-refractivity contribution in [1.82, 2.24) is 4.90 Å². The number of nitrogens with zero attached hydrogens (tertiary/aromatic N) is 2. The minimum Gasteiger partial charge on any atom is -0.479 e. The molecular formula is C20H22N2O4. The molecule has 1 aromatic rings. The molecule has 26 heavy (non-hydrogen) atoms. The van der Waals surface area contributed by atoms with Crippen molar-refractivity contribution >= 4 is 11.5 Å². The Morgan fingerprint density at radius 1 is 1.31 bits per heavy atom. The molecular weight excluding hydrogens is 332 g/mol. The molecule has 0 radical (unpaired) electrons. The number of nitroso groups, excluding NO2 is 1. The lowest BCUT2D eigenvalue weighted by Crippen LogP contribution is -2.76. The molecule has 2 aliphatic heterocycles. The molecule has 3 aliphatic carbocycles. The molecule has 2 saturated carbocycles. The van der Waals surface area contributed by atoms with Crippen LogP contribution in [-0.2, 0) is 16.6 Å². The Labute approximate surface area is 151 Å². The van der Waals surface area contributed by atoms with Gasteiger partial charge in [0.25, 0.3) is 0 Å². The molecule has 3 fully saturated rings. The molecule has 5 aliphatic rings. The zero-order chi connectivity index (χ0) is 17.7. The van der Waals surface area contributed by atoms with Gasteiger partial charge in [-0.2, -0.15) is 0 Å². The predicted octanol–water partition coefficient (Wildman–Crippen LogP) is 2.22. The molecule has 6 rings (SSSR count). The van der Waals surface area contributed by atoms with E-state index in [1.54, 1.807) is 6.07 Å². The van der Waals surface area contributed by atoms with Crippen LogP contribution in [0.3, 0.4) is 0 Å². The van der Waals surface area contributed by atoms with Crippen molar-refractivity contribution in [3.8, 4) is 5.75 Å². The topological polar surface area (TPSA) is 79.2 Å². The number of hydrogen-bond donors (Lipinski definition) is 1. The summed E-state index contributed by atoms with van der Waals surface area (Å²) >= 11 is 0. The second kappa shape index (κ2) is 4.73. The summed E-state index contributed by atoms with van der Waals surface area (Å²) in [5.74, 6) is 1.25. The van der Waals surface area contributed by atoms with Crippen molar-refractivity contribution in [2.45, 2.75) is 61.7 Å². The average Bonchev–Trinajstić information content (AvgIpc) is 3.37. The number of carbonyl (C=O) groups excluding carboxylic acids is 1. The third-order valence-corrected chi connectivity index (χ3v) is 7.66. The van der Waals surface area contributed by atoms with Crippen LogP contribution in [0.5, 0.6) is 5.75 Å². The predicted molar refractivity (Wildman–Crippen MR) is 93.6 cm³/mol. The van der Waals surface area contributed by atoms with Gasteiger partial charge >= 0.3 is 0 Å². The summed E-state index contributed by atoms with van der Waals surface area (Å²) in [6.07, 6.45) is 4.16. The highest BCUT2D eigenvalue weighted by Gasteiger charge is 2.73. The van der Waals surface area contributed by atoms with E-state index in [0.29, 0.717) is 25.0 Å². The average molecular weight is 354 g/mol. The Bertz CT molecular complexity index is 850. The van der Waals surface area contributed by atoms with Crippen LogP contribution in [0.4, 0.5) is 5.69 Å². The fourth-order valence-electron chi connectivity index (χ4n) is 6.34. The zero-order valence-electron chi connectivity index (χ0n) is 14.6. The van der Waals surface area contributed by atoms with E-state index >= 15 is 0 Å². The van der Waals surface area contributed by atoms with Gasteiger partial charge in [-0.05, 0) is 61.4 Å². The number of ketones is 1. The quantitative estimate of drug-likeness (QED) is 0.842. The number of rotatable bonds is 3. The second-order valence-electron chi connectivity index (χ2n) is 8.81. The molecule has 136 valence electrons. The highest BCUT2D eigenvalue weighted by atomic mass is 16.5. The van der Waals surface area contributed by atoms with Gasteiger partial charge in [0, 0.05) is 24.6 Å². The van der Waals surface area contributed by atoms with Crippen LogP contribution >= 0.6 is 0 Å². The monoisotopic (exact) mass is 354 g/mol. The third kappa shape index (κ3) is 1.59. The lowest BCUT2D eigenvalue weighted by molar-refractivity contribution is -0.188. The van der Waals surface area contributed by atoms with E-state index in [4.69, 9.17) is 4.74 Å².